The van der Waals surface area contributed by atoms with Gasteiger partial charge in [-0.25, -0.2) is 0 Å². The van der Waals surface area contributed by atoms with E-state index in [1.807, 2.05) is 0 Å². The Labute approximate surface area is 213 Å². The minimum absolute atomic E-state index is 0.0877. The summed E-state index contributed by atoms with van der Waals surface area (Å²) in [7, 11) is 5.14. The zero-order chi connectivity index (χ0) is 25.0. The Morgan fingerprint density at radius 2 is 1.56 bits per heavy atom. The largest absolute Gasteiger partial charge is 0.496 e. The molecule has 3 unspecified atom stereocenters. The van der Waals surface area contributed by atoms with Crippen LogP contribution in [0.2, 0.25) is 0 Å². The SMILES string of the molecule is COc1cc2c(cc1OC)C1CC(OC(C)=O)CCC1N=C2c1ccc(C2CC2)c(C2CC2)c1OC. The van der Waals surface area contributed by atoms with Crippen molar-refractivity contribution in [2.24, 2.45) is 4.99 Å². The third-order valence-corrected chi connectivity index (χ3v) is 8.30. The number of nitrogens with zero attached hydrogens (tertiary/aromatic N) is 1. The van der Waals surface area contributed by atoms with Crippen molar-refractivity contribution in [3.63, 3.8) is 0 Å². The summed E-state index contributed by atoms with van der Waals surface area (Å²) in [5.74, 6) is 3.59. The zero-order valence-corrected chi connectivity index (χ0v) is 21.6. The number of benzene rings is 2. The van der Waals surface area contributed by atoms with Gasteiger partial charge >= 0.3 is 5.97 Å². The number of rotatable bonds is 7. The van der Waals surface area contributed by atoms with Gasteiger partial charge in [0.2, 0.25) is 0 Å². The Morgan fingerprint density at radius 1 is 0.833 bits per heavy atom. The van der Waals surface area contributed by atoms with Crippen molar-refractivity contribution in [3.8, 4) is 17.2 Å². The molecule has 0 aromatic heterocycles. The molecule has 0 spiro atoms. The Balaban J connectivity index is 1.50. The van der Waals surface area contributed by atoms with Gasteiger partial charge in [0.25, 0.3) is 0 Å². The summed E-state index contributed by atoms with van der Waals surface area (Å²) in [5, 5.41) is 0. The average molecular weight is 490 g/mol. The van der Waals surface area contributed by atoms with Crippen LogP contribution in [-0.2, 0) is 9.53 Å². The normalized spacial score (nSPS) is 24.8. The first-order valence-electron chi connectivity index (χ1n) is 13.2. The second-order valence-corrected chi connectivity index (χ2v) is 10.7. The molecular formula is C30H35NO5. The third kappa shape index (κ3) is 4.04. The Morgan fingerprint density at radius 3 is 2.19 bits per heavy atom. The van der Waals surface area contributed by atoms with Crippen molar-refractivity contribution in [3.05, 3.63) is 52.1 Å². The minimum atomic E-state index is -0.223. The molecule has 1 heterocycles. The molecule has 2 aromatic rings. The number of ether oxygens (including phenoxy) is 4. The monoisotopic (exact) mass is 489 g/mol. The number of carbonyl (C=O) groups is 1. The summed E-state index contributed by atoms with van der Waals surface area (Å²) in [6.07, 6.45) is 7.38. The van der Waals surface area contributed by atoms with Crippen molar-refractivity contribution < 1.29 is 23.7 Å². The van der Waals surface area contributed by atoms with Crippen molar-refractivity contribution >= 4 is 11.7 Å². The van der Waals surface area contributed by atoms with Crippen molar-refractivity contribution in [1.29, 1.82) is 0 Å². The first kappa shape index (κ1) is 23.4. The second kappa shape index (κ2) is 9.13. The summed E-state index contributed by atoms with van der Waals surface area (Å²) in [4.78, 5) is 17.1. The van der Waals surface area contributed by atoms with Gasteiger partial charge in [-0.2, -0.15) is 0 Å². The molecule has 1 aliphatic heterocycles. The summed E-state index contributed by atoms with van der Waals surface area (Å²) in [6, 6.07) is 8.83. The molecule has 0 amide bonds. The summed E-state index contributed by atoms with van der Waals surface area (Å²) < 4.78 is 23.2. The molecule has 0 radical (unpaired) electrons. The van der Waals surface area contributed by atoms with E-state index in [1.54, 1.807) is 21.3 Å². The van der Waals surface area contributed by atoms with Gasteiger partial charge in [-0.1, -0.05) is 6.07 Å². The molecule has 36 heavy (non-hydrogen) atoms. The zero-order valence-electron chi connectivity index (χ0n) is 21.6. The second-order valence-electron chi connectivity index (χ2n) is 10.7. The van der Waals surface area contributed by atoms with E-state index < -0.39 is 0 Å². The standard InChI is InChI=1S/C30H35NO5/c1-16(32)36-19-9-12-25-23(13-19)22-14-26(33-2)27(34-3)15-24(22)29(31-25)21-11-10-20(17-5-6-17)28(18-7-8-18)30(21)35-4/h10-11,14-15,17-19,23,25H,5-9,12-13H2,1-4H3. The predicted octanol–water partition coefficient (Wildman–Crippen LogP) is 5.89. The van der Waals surface area contributed by atoms with Gasteiger partial charge in [0.1, 0.15) is 11.9 Å². The van der Waals surface area contributed by atoms with Crippen LogP contribution in [0.15, 0.2) is 29.3 Å². The maximum atomic E-state index is 11.7. The number of hydrogen-bond donors (Lipinski definition) is 0. The highest BCUT2D eigenvalue weighted by Crippen LogP contribution is 2.54. The first-order valence-corrected chi connectivity index (χ1v) is 13.2. The van der Waals surface area contributed by atoms with E-state index in [-0.39, 0.29) is 24.0 Å². The highest BCUT2D eigenvalue weighted by Gasteiger charge is 2.41. The number of methoxy groups -OCH3 is 3. The van der Waals surface area contributed by atoms with Crippen LogP contribution in [0, 0.1) is 0 Å². The highest BCUT2D eigenvalue weighted by molar-refractivity contribution is 6.16. The fourth-order valence-electron chi connectivity index (χ4n) is 6.37. The lowest BCUT2D eigenvalue weighted by atomic mass is 9.73. The quantitative estimate of drug-likeness (QED) is 0.454. The lowest BCUT2D eigenvalue weighted by Gasteiger charge is -2.39. The van der Waals surface area contributed by atoms with Crippen molar-refractivity contribution in [2.75, 3.05) is 21.3 Å². The van der Waals surface area contributed by atoms with E-state index in [9.17, 15) is 4.79 Å². The molecule has 4 aliphatic rings. The van der Waals surface area contributed by atoms with E-state index in [1.165, 1.54) is 49.3 Å². The molecule has 0 bridgehead atoms. The van der Waals surface area contributed by atoms with Crippen LogP contribution in [0.25, 0.3) is 0 Å². The van der Waals surface area contributed by atoms with Gasteiger partial charge in [-0.3, -0.25) is 9.79 Å². The molecule has 6 rings (SSSR count). The molecule has 0 saturated heterocycles. The number of hydrogen-bond acceptors (Lipinski definition) is 6. The van der Waals surface area contributed by atoms with Crippen molar-refractivity contribution in [1.82, 2.24) is 0 Å². The molecule has 3 saturated carbocycles. The molecular weight excluding hydrogens is 454 g/mol. The Hall–Kier alpha value is -3.02. The van der Waals surface area contributed by atoms with Crippen LogP contribution in [0.3, 0.4) is 0 Å². The maximum absolute atomic E-state index is 11.7. The van der Waals surface area contributed by atoms with Gasteiger partial charge in [0, 0.05) is 29.5 Å². The van der Waals surface area contributed by atoms with E-state index in [0.29, 0.717) is 23.3 Å². The van der Waals surface area contributed by atoms with Crippen LogP contribution in [0.1, 0.15) is 97.4 Å². The van der Waals surface area contributed by atoms with Crippen LogP contribution in [0.5, 0.6) is 17.2 Å². The number of aliphatic imine (C=N–C) groups is 1. The average Bonchev–Trinajstić information content (AvgIpc) is 3.80. The topological polar surface area (TPSA) is 66.4 Å². The molecule has 3 aliphatic carbocycles. The molecule has 6 nitrogen and oxygen atoms in total. The molecule has 0 N–H and O–H groups in total. The molecule has 190 valence electrons. The Bertz CT molecular complexity index is 1230. The van der Waals surface area contributed by atoms with E-state index >= 15 is 0 Å². The number of esters is 1. The fraction of sp³-hybridized carbons (Fsp3) is 0.533. The molecule has 6 heteroatoms. The van der Waals surface area contributed by atoms with Crippen LogP contribution in [0.4, 0.5) is 0 Å². The van der Waals surface area contributed by atoms with Gasteiger partial charge in [0.05, 0.1) is 33.1 Å². The maximum Gasteiger partial charge on any atom is 0.302 e. The van der Waals surface area contributed by atoms with E-state index in [2.05, 4.69) is 24.3 Å². The van der Waals surface area contributed by atoms with E-state index in [4.69, 9.17) is 23.9 Å². The van der Waals surface area contributed by atoms with Gasteiger partial charge in [-0.15, -0.1) is 0 Å². The van der Waals surface area contributed by atoms with Gasteiger partial charge < -0.3 is 18.9 Å². The van der Waals surface area contributed by atoms with Crippen LogP contribution in [-0.4, -0.2) is 45.2 Å². The predicted molar refractivity (Wildman–Crippen MR) is 138 cm³/mol. The van der Waals surface area contributed by atoms with Crippen LogP contribution >= 0.6 is 0 Å². The number of fused-ring (bicyclic) bond motifs is 3. The van der Waals surface area contributed by atoms with Gasteiger partial charge in [-0.05, 0) is 86.1 Å². The fourth-order valence-corrected chi connectivity index (χ4v) is 6.37. The Kier molecular flexibility index (Phi) is 5.93. The van der Waals surface area contributed by atoms with Crippen molar-refractivity contribution in [2.45, 2.75) is 81.8 Å². The summed E-state index contributed by atoms with van der Waals surface area (Å²) in [6.45, 7) is 1.49. The lowest BCUT2D eigenvalue weighted by Crippen LogP contribution is -2.36. The highest BCUT2D eigenvalue weighted by atomic mass is 16.5. The van der Waals surface area contributed by atoms with Gasteiger partial charge in [0.15, 0.2) is 11.5 Å². The molecule has 3 fully saturated rings. The third-order valence-electron chi connectivity index (χ3n) is 8.30. The summed E-state index contributed by atoms with van der Waals surface area (Å²) in [5.41, 5.74) is 7.15. The molecule has 2 aromatic carbocycles. The number of carbonyl (C=O) groups excluding carboxylic acids is 1. The van der Waals surface area contributed by atoms with Crippen LogP contribution < -0.4 is 14.2 Å². The lowest BCUT2D eigenvalue weighted by molar-refractivity contribution is -0.148. The minimum Gasteiger partial charge on any atom is -0.496 e. The first-order chi connectivity index (χ1) is 17.5. The van der Waals surface area contributed by atoms with E-state index in [0.717, 1.165) is 41.9 Å². The summed E-state index contributed by atoms with van der Waals surface area (Å²) >= 11 is 0. The molecule has 3 atom stereocenters. The smallest absolute Gasteiger partial charge is 0.302 e.